The van der Waals surface area contributed by atoms with Crippen molar-refractivity contribution in [3.8, 4) is 5.75 Å². The highest BCUT2D eigenvalue weighted by atomic mass is 16.6. The molecule has 1 aromatic rings. The summed E-state index contributed by atoms with van der Waals surface area (Å²) in [4.78, 5) is 39.7. The molecule has 0 unspecified atom stereocenters. The lowest BCUT2D eigenvalue weighted by Crippen LogP contribution is -2.51. The molecule has 29 heavy (non-hydrogen) atoms. The zero-order valence-electron chi connectivity index (χ0n) is 17.5. The van der Waals surface area contributed by atoms with Crippen LogP contribution in [0.1, 0.15) is 33.6 Å². The Morgan fingerprint density at radius 3 is 2.03 bits per heavy atom. The van der Waals surface area contributed by atoms with E-state index >= 15 is 0 Å². The molecule has 160 valence electrons. The van der Waals surface area contributed by atoms with Gasteiger partial charge in [-0.05, 0) is 32.9 Å². The fourth-order valence-corrected chi connectivity index (χ4v) is 2.88. The third kappa shape index (κ3) is 8.41. The molecule has 1 aliphatic heterocycles. The zero-order chi connectivity index (χ0) is 21.3. The number of hydrogen-bond acceptors (Lipinski definition) is 5. The van der Waals surface area contributed by atoms with Crippen molar-refractivity contribution in [2.45, 2.75) is 39.2 Å². The molecule has 0 saturated carbocycles. The van der Waals surface area contributed by atoms with Crippen molar-refractivity contribution >= 4 is 17.9 Å². The van der Waals surface area contributed by atoms with Crippen LogP contribution in [0.5, 0.6) is 5.75 Å². The summed E-state index contributed by atoms with van der Waals surface area (Å²) >= 11 is 0. The third-order valence-corrected chi connectivity index (χ3v) is 4.32. The second-order valence-electron chi connectivity index (χ2n) is 7.85. The first-order valence-corrected chi connectivity index (χ1v) is 9.95. The zero-order valence-corrected chi connectivity index (χ0v) is 17.5. The highest BCUT2D eigenvalue weighted by Crippen LogP contribution is 2.10. The first-order valence-electron chi connectivity index (χ1n) is 9.95. The van der Waals surface area contributed by atoms with Crippen LogP contribution in [0.4, 0.5) is 4.79 Å². The van der Waals surface area contributed by atoms with Gasteiger partial charge in [0.15, 0.2) is 0 Å². The van der Waals surface area contributed by atoms with Crippen LogP contribution < -0.4 is 10.1 Å². The normalized spacial score (nSPS) is 14.3. The molecule has 1 aliphatic rings. The summed E-state index contributed by atoms with van der Waals surface area (Å²) in [6.45, 7) is 7.92. The van der Waals surface area contributed by atoms with Crippen LogP contribution in [0.2, 0.25) is 0 Å². The van der Waals surface area contributed by atoms with Crippen LogP contribution in [0.3, 0.4) is 0 Å². The van der Waals surface area contributed by atoms with E-state index in [-0.39, 0.29) is 24.8 Å². The van der Waals surface area contributed by atoms with Gasteiger partial charge in [-0.15, -0.1) is 0 Å². The van der Waals surface area contributed by atoms with Crippen molar-refractivity contribution in [3.63, 3.8) is 0 Å². The van der Waals surface area contributed by atoms with E-state index in [1.54, 1.807) is 30.6 Å². The number of benzene rings is 1. The van der Waals surface area contributed by atoms with Gasteiger partial charge in [0.25, 0.3) is 0 Å². The summed E-state index contributed by atoms with van der Waals surface area (Å²) in [6.07, 6.45) is -0.0146. The molecular weight excluding hydrogens is 374 g/mol. The minimum Gasteiger partial charge on any atom is -0.493 e. The molecule has 8 heteroatoms. The maximum Gasteiger partial charge on any atom is 0.407 e. The number of piperazine rings is 1. The van der Waals surface area contributed by atoms with E-state index in [0.29, 0.717) is 39.2 Å². The summed E-state index contributed by atoms with van der Waals surface area (Å²) < 4.78 is 10.7. The van der Waals surface area contributed by atoms with Gasteiger partial charge in [0.1, 0.15) is 11.4 Å². The van der Waals surface area contributed by atoms with E-state index in [2.05, 4.69) is 5.32 Å². The maximum atomic E-state index is 12.3. The Labute approximate surface area is 172 Å². The second kappa shape index (κ2) is 10.7. The predicted molar refractivity (Wildman–Crippen MR) is 109 cm³/mol. The Hall–Kier alpha value is -2.77. The minimum atomic E-state index is -0.566. The average molecular weight is 405 g/mol. The highest BCUT2D eigenvalue weighted by molar-refractivity contribution is 5.79. The second-order valence-corrected chi connectivity index (χ2v) is 7.85. The Kier molecular flexibility index (Phi) is 8.30. The van der Waals surface area contributed by atoms with Gasteiger partial charge >= 0.3 is 6.09 Å². The molecule has 0 spiro atoms. The standard InChI is InChI=1S/C21H31N3O5/c1-21(2,3)29-20(27)22-11-9-18(25)23-12-14-24(15-13-23)19(26)10-16-28-17-7-5-4-6-8-17/h4-8H,9-16H2,1-3H3,(H,22,27). The van der Waals surface area contributed by atoms with Crippen LogP contribution in [-0.4, -0.2) is 72.6 Å². The molecule has 1 N–H and O–H groups in total. The lowest BCUT2D eigenvalue weighted by atomic mass is 10.2. The van der Waals surface area contributed by atoms with E-state index in [1.807, 2.05) is 30.3 Å². The van der Waals surface area contributed by atoms with Gasteiger partial charge in [-0.25, -0.2) is 4.79 Å². The molecule has 0 aromatic heterocycles. The first-order chi connectivity index (χ1) is 13.7. The number of ether oxygens (including phenoxy) is 2. The van der Waals surface area contributed by atoms with Gasteiger partial charge in [0.2, 0.25) is 11.8 Å². The van der Waals surface area contributed by atoms with E-state index in [9.17, 15) is 14.4 Å². The quantitative estimate of drug-likeness (QED) is 0.750. The number of nitrogens with zero attached hydrogens (tertiary/aromatic N) is 2. The van der Waals surface area contributed by atoms with Crippen LogP contribution in [0.15, 0.2) is 30.3 Å². The van der Waals surface area contributed by atoms with Crippen molar-refractivity contribution in [3.05, 3.63) is 30.3 Å². The smallest absolute Gasteiger partial charge is 0.407 e. The molecule has 1 heterocycles. The number of carbonyl (C=O) groups excluding carboxylic acids is 3. The molecule has 2 rings (SSSR count). The van der Waals surface area contributed by atoms with Crippen molar-refractivity contribution in [2.75, 3.05) is 39.3 Å². The molecular formula is C21H31N3O5. The molecule has 0 radical (unpaired) electrons. The van der Waals surface area contributed by atoms with Crippen LogP contribution in [0.25, 0.3) is 0 Å². The Balaban J connectivity index is 1.61. The number of amides is 3. The molecule has 0 atom stereocenters. The highest BCUT2D eigenvalue weighted by Gasteiger charge is 2.24. The van der Waals surface area contributed by atoms with E-state index in [0.717, 1.165) is 5.75 Å². The van der Waals surface area contributed by atoms with Crippen molar-refractivity contribution in [1.82, 2.24) is 15.1 Å². The van der Waals surface area contributed by atoms with Gasteiger partial charge in [0, 0.05) is 39.1 Å². The summed E-state index contributed by atoms with van der Waals surface area (Å²) in [6, 6.07) is 9.39. The maximum absolute atomic E-state index is 12.3. The van der Waals surface area contributed by atoms with Crippen LogP contribution in [0, 0.1) is 0 Å². The van der Waals surface area contributed by atoms with Gasteiger partial charge in [-0.2, -0.15) is 0 Å². The summed E-state index contributed by atoms with van der Waals surface area (Å²) in [5, 5.41) is 2.59. The fourth-order valence-electron chi connectivity index (χ4n) is 2.88. The minimum absolute atomic E-state index is 0.0274. The number of carbonyl (C=O) groups is 3. The number of nitrogens with one attached hydrogen (secondary N) is 1. The summed E-state index contributed by atoms with van der Waals surface area (Å²) in [5.41, 5.74) is -0.566. The molecule has 3 amide bonds. The molecule has 1 saturated heterocycles. The average Bonchev–Trinajstić information content (AvgIpc) is 2.67. The van der Waals surface area contributed by atoms with Gasteiger partial charge in [-0.1, -0.05) is 18.2 Å². The van der Waals surface area contributed by atoms with Gasteiger partial charge in [-0.3, -0.25) is 9.59 Å². The predicted octanol–water partition coefficient (Wildman–Crippen LogP) is 2.04. The van der Waals surface area contributed by atoms with E-state index in [1.165, 1.54) is 0 Å². The molecule has 1 aromatic carbocycles. The monoisotopic (exact) mass is 405 g/mol. The summed E-state index contributed by atoms with van der Waals surface area (Å²) in [5.74, 6) is 0.732. The van der Waals surface area contributed by atoms with E-state index in [4.69, 9.17) is 9.47 Å². The number of alkyl carbamates (subject to hydrolysis) is 1. The number of para-hydroxylation sites is 1. The van der Waals surface area contributed by atoms with Crippen molar-refractivity contribution in [2.24, 2.45) is 0 Å². The lowest BCUT2D eigenvalue weighted by Gasteiger charge is -2.35. The SMILES string of the molecule is CC(C)(C)OC(=O)NCCC(=O)N1CCN(C(=O)CCOc2ccccc2)CC1. The third-order valence-electron chi connectivity index (χ3n) is 4.32. The lowest BCUT2D eigenvalue weighted by molar-refractivity contribution is -0.139. The summed E-state index contributed by atoms with van der Waals surface area (Å²) in [7, 11) is 0. The van der Waals surface area contributed by atoms with Crippen molar-refractivity contribution < 1.29 is 23.9 Å². The molecule has 1 fully saturated rings. The first kappa shape index (κ1) is 22.5. The number of hydrogen-bond donors (Lipinski definition) is 1. The van der Waals surface area contributed by atoms with Gasteiger partial charge < -0.3 is 24.6 Å². The topological polar surface area (TPSA) is 88.2 Å². The van der Waals surface area contributed by atoms with E-state index < -0.39 is 11.7 Å². The largest absolute Gasteiger partial charge is 0.493 e. The number of rotatable bonds is 7. The Morgan fingerprint density at radius 2 is 1.48 bits per heavy atom. The van der Waals surface area contributed by atoms with Crippen LogP contribution in [-0.2, 0) is 14.3 Å². The molecule has 8 nitrogen and oxygen atoms in total. The Bertz CT molecular complexity index is 679. The van der Waals surface area contributed by atoms with Crippen LogP contribution >= 0.6 is 0 Å². The van der Waals surface area contributed by atoms with Crippen molar-refractivity contribution in [1.29, 1.82) is 0 Å². The molecule has 0 aliphatic carbocycles. The fraction of sp³-hybridized carbons (Fsp3) is 0.571. The Morgan fingerprint density at radius 1 is 0.931 bits per heavy atom. The van der Waals surface area contributed by atoms with Gasteiger partial charge in [0.05, 0.1) is 13.0 Å². The molecule has 0 bridgehead atoms.